The smallest absolute Gasteiger partial charge is 0.325 e. The number of nitrogens with zero attached hydrogens (tertiary/aromatic N) is 5. The zero-order chi connectivity index (χ0) is 20.1. The number of aromatic nitrogens is 2. The summed E-state index contributed by atoms with van der Waals surface area (Å²) >= 11 is 0. The number of carbonyl (C=O) groups is 1. The van der Waals surface area contributed by atoms with Crippen LogP contribution in [0.25, 0.3) is 0 Å². The first kappa shape index (κ1) is 19.9. The number of hydrogen-bond acceptors (Lipinski definition) is 6. The molecule has 1 N–H and O–H groups in total. The van der Waals surface area contributed by atoms with Gasteiger partial charge in [-0.2, -0.15) is 4.98 Å². The van der Waals surface area contributed by atoms with Gasteiger partial charge in [0, 0.05) is 38.1 Å². The predicted molar refractivity (Wildman–Crippen MR) is 110 cm³/mol. The van der Waals surface area contributed by atoms with Crippen molar-refractivity contribution in [1.29, 1.82) is 0 Å². The average molecular weight is 384 g/mol. The molecule has 1 aliphatic rings. The summed E-state index contributed by atoms with van der Waals surface area (Å²) in [5, 5.41) is 3.18. The molecule has 0 bridgehead atoms. The summed E-state index contributed by atoms with van der Waals surface area (Å²) in [6.45, 7) is 8.45. The highest BCUT2D eigenvalue weighted by Crippen LogP contribution is 2.26. The van der Waals surface area contributed by atoms with Crippen LogP contribution in [0.5, 0.6) is 5.75 Å². The number of nitrogens with one attached hydrogen (secondary N) is 1. The Morgan fingerprint density at radius 1 is 1.18 bits per heavy atom. The van der Waals surface area contributed by atoms with Gasteiger partial charge in [-0.15, -0.1) is 0 Å². The maximum atomic E-state index is 12.1. The number of rotatable bonds is 8. The third-order valence-electron chi connectivity index (χ3n) is 4.86. The van der Waals surface area contributed by atoms with Crippen LogP contribution in [0.2, 0.25) is 0 Å². The maximum Gasteiger partial charge on any atom is 0.325 e. The van der Waals surface area contributed by atoms with E-state index in [-0.39, 0.29) is 6.03 Å². The van der Waals surface area contributed by atoms with E-state index in [2.05, 4.69) is 34.0 Å². The molecule has 0 radical (unpaired) electrons. The standard InChI is InChI=1S/C20H28N6O2/c1-5-26(6-2)11-12-28-17-9-7-16(8-10-17)22-19-21-13-15-14-24(3)20(27)25(4)18(15)23-19/h7-10,13H,5-6,11-12,14H2,1-4H3,(H,21,22,23). The van der Waals surface area contributed by atoms with Crippen molar-refractivity contribution in [3.05, 3.63) is 36.0 Å². The second-order valence-corrected chi connectivity index (χ2v) is 6.76. The number of amides is 2. The minimum Gasteiger partial charge on any atom is -0.492 e. The molecule has 2 aromatic rings. The van der Waals surface area contributed by atoms with Crippen LogP contribution in [0.1, 0.15) is 19.4 Å². The van der Waals surface area contributed by atoms with Crippen molar-refractivity contribution in [3.8, 4) is 5.75 Å². The summed E-state index contributed by atoms with van der Waals surface area (Å²) in [6.07, 6.45) is 1.76. The van der Waals surface area contributed by atoms with Gasteiger partial charge in [-0.25, -0.2) is 9.78 Å². The van der Waals surface area contributed by atoms with Gasteiger partial charge in [0.2, 0.25) is 5.95 Å². The van der Waals surface area contributed by atoms with Crippen LogP contribution in [-0.2, 0) is 6.54 Å². The van der Waals surface area contributed by atoms with Crippen molar-refractivity contribution in [3.63, 3.8) is 0 Å². The second-order valence-electron chi connectivity index (χ2n) is 6.76. The lowest BCUT2D eigenvalue weighted by Crippen LogP contribution is -2.43. The summed E-state index contributed by atoms with van der Waals surface area (Å²) in [7, 11) is 3.48. The zero-order valence-electron chi connectivity index (χ0n) is 17.0. The van der Waals surface area contributed by atoms with E-state index in [4.69, 9.17) is 4.74 Å². The molecule has 150 valence electrons. The molecule has 0 saturated heterocycles. The zero-order valence-corrected chi connectivity index (χ0v) is 17.0. The number of urea groups is 1. The van der Waals surface area contributed by atoms with Gasteiger partial charge in [-0.05, 0) is 37.4 Å². The van der Waals surface area contributed by atoms with Gasteiger partial charge in [0.1, 0.15) is 18.2 Å². The van der Waals surface area contributed by atoms with Gasteiger partial charge in [-0.3, -0.25) is 4.90 Å². The quantitative estimate of drug-likeness (QED) is 0.754. The van der Waals surface area contributed by atoms with Crippen LogP contribution in [0.3, 0.4) is 0 Å². The van der Waals surface area contributed by atoms with E-state index >= 15 is 0 Å². The fourth-order valence-electron chi connectivity index (χ4n) is 3.13. The number of likely N-dealkylation sites (N-methyl/N-ethyl adjacent to an activating group) is 1. The number of ether oxygens (including phenoxy) is 1. The predicted octanol–water partition coefficient (Wildman–Crippen LogP) is 2.94. The van der Waals surface area contributed by atoms with E-state index in [1.54, 1.807) is 30.1 Å². The Kier molecular flexibility index (Phi) is 6.30. The molecule has 0 unspecified atom stereocenters. The van der Waals surface area contributed by atoms with Gasteiger partial charge >= 0.3 is 6.03 Å². The molecule has 1 aliphatic heterocycles. The molecule has 3 rings (SSSR count). The molecule has 8 nitrogen and oxygen atoms in total. The molecular formula is C20H28N6O2. The third-order valence-corrected chi connectivity index (χ3v) is 4.86. The summed E-state index contributed by atoms with van der Waals surface area (Å²) in [5.41, 5.74) is 1.78. The van der Waals surface area contributed by atoms with Crippen LogP contribution in [0, 0.1) is 0 Å². The first-order valence-corrected chi connectivity index (χ1v) is 9.58. The summed E-state index contributed by atoms with van der Waals surface area (Å²) in [6, 6.07) is 7.63. The Labute approximate surface area is 166 Å². The fourth-order valence-corrected chi connectivity index (χ4v) is 3.13. The van der Waals surface area contributed by atoms with Crippen LogP contribution in [0.4, 0.5) is 22.2 Å². The Morgan fingerprint density at radius 3 is 2.57 bits per heavy atom. The van der Waals surface area contributed by atoms with Crippen LogP contribution < -0.4 is 15.0 Å². The van der Waals surface area contributed by atoms with E-state index < -0.39 is 0 Å². The normalized spacial score (nSPS) is 13.7. The number of anilines is 3. The highest BCUT2D eigenvalue weighted by atomic mass is 16.5. The van der Waals surface area contributed by atoms with Crippen LogP contribution in [0.15, 0.2) is 30.5 Å². The average Bonchev–Trinajstić information content (AvgIpc) is 2.71. The van der Waals surface area contributed by atoms with Crippen molar-refractivity contribution in [1.82, 2.24) is 19.8 Å². The largest absolute Gasteiger partial charge is 0.492 e. The lowest BCUT2D eigenvalue weighted by molar-refractivity contribution is 0.211. The Hall–Kier alpha value is -2.87. The summed E-state index contributed by atoms with van der Waals surface area (Å²) < 4.78 is 5.81. The van der Waals surface area contributed by atoms with Gasteiger partial charge in [-0.1, -0.05) is 13.8 Å². The van der Waals surface area contributed by atoms with Crippen molar-refractivity contribution < 1.29 is 9.53 Å². The lowest BCUT2D eigenvalue weighted by Gasteiger charge is -2.31. The number of benzene rings is 1. The highest BCUT2D eigenvalue weighted by Gasteiger charge is 2.27. The molecule has 0 fully saturated rings. The van der Waals surface area contributed by atoms with E-state index in [9.17, 15) is 4.79 Å². The lowest BCUT2D eigenvalue weighted by atomic mass is 10.2. The van der Waals surface area contributed by atoms with Gasteiger partial charge in [0.15, 0.2) is 0 Å². The first-order valence-electron chi connectivity index (χ1n) is 9.58. The number of fused-ring (bicyclic) bond motifs is 1. The molecule has 0 spiro atoms. The first-order chi connectivity index (χ1) is 13.5. The Balaban J connectivity index is 1.61. The van der Waals surface area contributed by atoms with Gasteiger partial charge in [0.05, 0.1) is 6.54 Å². The molecule has 8 heteroatoms. The monoisotopic (exact) mass is 384 g/mol. The topological polar surface area (TPSA) is 73.8 Å². The molecule has 0 aliphatic carbocycles. The van der Waals surface area contributed by atoms with Crippen LogP contribution >= 0.6 is 0 Å². The van der Waals surface area contributed by atoms with Gasteiger partial charge in [0.25, 0.3) is 0 Å². The summed E-state index contributed by atoms with van der Waals surface area (Å²) in [5.74, 6) is 1.92. The second kappa shape index (κ2) is 8.88. The van der Waals surface area contributed by atoms with E-state index in [0.717, 1.165) is 36.6 Å². The molecule has 2 amide bonds. The van der Waals surface area contributed by atoms with Crippen molar-refractivity contribution >= 4 is 23.5 Å². The van der Waals surface area contributed by atoms with E-state index in [0.29, 0.717) is 24.9 Å². The van der Waals surface area contributed by atoms with Crippen molar-refractivity contribution in [2.45, 2.75) is 20.4 Å². The SMILES string of the molecule is CCN(CC)CCOc1ccc(Nc2ncc3c(n2)N(C)C(=O)N(C)C3)cc1. The third kappa shape index (κ3) is 4.51. The fraction of sp³-hybridized carbons (Fsp3) is 0.450. The molecule has 2 heterocycles. The Bertz CT molecular complexity index is 807. The summed E-state index contributed by atoms with van der Waals surface area (Å²) in [4.78, 5) is 26.5. The molecule has 0 atom stereocenters. The number of carbonyl (C=O) groups excluding carboxylic acids is 1. The molecule has 1 aromatic carbocycles. The van der Waals surface area contributed by atoms with Gasteiger partial charge < -0.3 is 19.9 Å². The maximum absolute atomic E-state index is 12.1. The van der Waals surface area contributed by atoms with Crippen LogP contribution in [-0.4, -0.2) is 66.1 Å². The highest BCUT2D eigenvalue weighted by molar-refractivity contribution is 5.93. The van der Waals surface area contributed by atoms with E-state index in [1.165, 1.54) is 0 Å². The minimum atomic E-state index is -0.0802. The molecule has 1 aromatic heterocycles. The minimum absolute atomic E-state index is 0.0802. The Morgan fingerprint density at radius 2 is 1.89 bits per heavy atom. The molecule has 28 heavy (non-hydrogen) atoms. The number of hydrogen-bond donors (Lipinski definition) is 1. The molecule has 0 saturated carbocycles. The van der Waals surface area contributed by atoms with Crippen molar-refractivity contribution in [2.75, 3.05) is 50.6 Å². The van der Waals surface area contributed by atoms with E-state index in [1.807, 2.05) is 24.3 Å². The molecular weight excluding hydrogens is 356 g/mol. The van der Waals surface area contributed by atoms with Crippen molar-refractivity contribution in [2.24, 2.45) is 0 Å².